The van der Waals surface area contributed by atoms with E-state index >= 15 is 0 Å². The Morgan fingerprint density at radius 1 is 0.769 bits per heavy atom. The molecule has 0 aliphatic heterocycles. The number of rotatable bonds is 5. The molecule has 0 saturated carbocycles. The minimum atomic E-state index is 0.593. The molecule has 0 aliphatic carbocycles. The van der Waals surface area contributed by atoms with Crippen LogP contribution in [0.5, 0.6) is 0 Å². The zero-order chi connectivity index (χ0) is 10.6. The molecular weight excluding hydrogens is 162 g/mol. The second kappa shape index (κ2) is 6.48. The molecule has 0 aliphatic rings. The fraction of sp³-hybridized carbons (Fsp3) is 0. The van der Waals surface area contributed by atoms with Crippen molar-refractivity contribution in [2.75, 3.05) is 0 Å². The topological polar surface area (TPSA) is 0 Å². The van der Waals surface area contributed by atoms with Crippen LogP contribution in [0.25, 0.3) is 0 Å². The van der Waals surface area contributed by atoms with Crippen molar-refractivity contribution in [3.05, 3.63) is 0 Å². The van der Waals surface area contributed by atoms with Crippen molar-refractivity contribution < 1.29 is 0 Å². The van der Waals surface area contributed by atoms with Crippen LogP contribution in [-0.2, 0) is 0 Å². The second-order valence-corrected chi connectivity index (χ2v) is 5.29. The van der Waals surface area contributed by atoms with Gasteiger partial charge in [0.25, 0.3) is 0 Å². The Morgan fingerprint density at radius 2 is 1.15 bits per heavy atom. The zero-order valence-electron chi connectivity index (χ0n) is 9.87. The first-order valence-corrected chi connectivity index (χ1v) is 5.84. The molecule has 0 nitrogen and oxygen atoms in total. The fourth-order valence-corrected chi connectivity index (χ4v) is 2.85. The molecule has 0 fully saturated rings. The minimum absolute atomic E-state index is 0.593. The van der Waals surface area contributed by atoms with Gasteiger partial charge in [0.2, 0.25) is 0 Å². The fourth-order valence-electron chi connectivity index (χ4n) is 2.35. The normalized spacial score (nSPS) is 8.31. The summed E-state index contributed by atoms with van der Waals surface area (Å²) in [6.45, 7) is 0. The van der Waals surface area contributed by atoms with Gasteiger partial charge in [-0.3, -0.25) is 0 Å². The average Bonchev–Trinajstić information content (AvgIpc) is 1.97. The maximum atomic E-state index is 5.14. The maximum absolute atomic E-state index is 5.14. The summed E-state index contributed by atoms with van der Waals surface area (Å²) in [5.41, 5.74) is 0. The summed E-state index contributed by atoms with van der Waals surface area (Å²) in [7, 11) is 13.8. The predicted octanol–water partition coefficient (Wildman–Crippen LogP) is -7.13. The summed E-state index contributed by atoms with van der Waals surface area (Å²) in [5.74, 6) is 0. The van der Waals surface area contributed by atoms with Gasteiger partial charge in [-0.15, -0.1) is 0 Å². The van der Waals surface area contributed by atoms with Gasteiger partial charge in [0.1, 0.15) is 0 Å². The Balaban J connectivity index is 4.58. The molecule has 0 spiro atoms. The standard InChI is InChI=1S/B12H12S/c1-8(2)11(7-13)12(9(3)4)10(5)6/h1-6H2. The summed E-state index contributed by atoms with van der Waals surface area (Å²) in [4.78, 5) is 0. The van der Waals surface area contributed by atoms with Gasteiger partial charge in [0, 0.05) is 0 Å². The summed E-state index contributed by atoms with van der Waals surface area (Å²) >= 11 is 5.14. The Hall–Kier alpha value is 0.999. The third kappa shape index (κ3) is 4.36. The molecule has 0 radical (unpaired) electrons. The van der Waals surface area contributed by atoms with Crippen LogP contribution in [-0.4, -0.2) is 84.4 Å². The molecule has 0 bridgehead atoms. The van der Waals surface area contributed by atoms with Crippen molar-refractivity contribution in [1.82, 2.24) is 0 Å². The Bertz CT molecular complexity index is 139. The molecule has 0 N–H and O–H groups in total. The van der Waals surface area contributed by atoms with Crippen LogP contribution in [0.4, 0.5) is 0 Å². The van der Waals surface area contributed by atoms with E-state index in [0.717, 1.165) is 19.2 Å². The third-order valence-corrected chi connectivity index (χ3v) is 3.23. The molecular formula is H12B12S. The quantitative estimate of drug-likeness (QED) is 0.373. The van der Waals surface area contributed by atoms with Crippen LogP contribution in [0.1, 0.15) is 0 Å². The summed E-state index contributed by atoms with van der Waals surface area (Å²) < 4.78 is 0. The van der Waals surface area contributed by atoms with Gasteiger partial charge >= 0.3 is 96.4 Å². The zero-order valence-corrected chi connectivity index (χ0v) is 10.7. The molecule has 0 atom stereocenters. The van der Waals surface area contributed by atoms with E-state index in [1.165, 1.54) is 0 Å². The van der Waals surface area contributed by atoms with Crippen molar-refractivity contribution >= 4 is 96.4 Å². The first-order chi connectivity index (χ1) is 5.91. The summed E-state index contributed by atoms with van der Waals surface area (Å²) in [5, 5.41) is 0. The Labute approximate surface area is 96.4 Å². The molecule has 13 heavy (non-hydrogen) atoms. The van der Waals surface area contributed by atoms with Gasteiger partial charge in [-0.05, 0) is 0 Å². The third-order valence-electron chi connectivity index (χ3n) is 2.91. The van der Waals surface area contributed by atoms with Crippen molar-refractivity contribution in [2.45, 2.75) is 0 Å². The van der Waals surface area contributed by atoms with Crippen molar-refractivity contribution in [2.24, 2.45) is 0 Å². The Morgan fingerprint density at radius 3 is 1.23 bits per heavy atom. The van der Waals surface area contributed by atoms with E-state index in [9.17, 15) is 0 Å². The van der Waals surface area contributed by atoms with Crippen LogP contribution in [0, 0.1) is 0 Å². The van der Waals surface area contributed by atoms with Gasteiger partial charge < -0.3 is 0 Å². The van der Waals surface area contributed by atoms with Gasteiger partial charge in [0.15, 0.2) is 0 Å². The molecule has 0 heterocycles. The SMILES string of the molecule is BB(B)B(B=S)B(B(B)B)B(B)B. The van der Waals surface area contributed by atoms with E-state index in [0.29, 0.717) is 12.8 Å². The van der Waals surface area contributed by atoms with Gasteiger partial charge in [-0.1, -0.05) is 0 Å². The van der Waals surface area contributed by atoms with Crippen LogP contribution in [0.3, 0.4) is 0 Å². The van der Waals surface area contributed by atoms with Gasteiger partial charge in [-0.2, -0.15) is 0 Å². The molecule has 0 unspecified atom stereocenters. The Kier molecular flexibility index (Phi) is 6.97. The van der Waals surface area contributed by atoms with Crippen LogP contribution in [0.2, 0.25) is 0 Å². The van der Waals surface area contributed by atoms with Crippen LogP contribution >= 0.6 is 12.1 Å². The molecule has 13 heteroatoms. The summed E-state index contributed by atoms with van der Waals surface area (Å²) in [6.07, 6.45) is 3.46. The molecule has 54 valence electrons. The van der Waals surface area contributed by atoms with Crippen molar-refractivity contribution in [1.29, 1.82) is 0 Å². The molecule has 0 rings (SSSR count). The monoisotopic (exact) mass is 176 g/mol. The van der Waals surface area contributed by atoms with E-state index < -0.39 is 0 Å². The van der Waals surface area contributed by atoms with Gasteiger partial charge in [-0.25, -0.2) is 0 Å². The number of hydrogen-bond acceptors (Lipinski definition) is 1. The average molecular weight is 174 g/mol. The van der Waals surface area contributed by atoms with E-state index in [1.807, 2.05) is 6.05 Å². The van der Waals surface area contributed by atoms with Gasteiger partial charge in [0.05, 0.1) is 0 Å². The first-order valence-electron chi connectivity index (χ1n) is 5.37. The van der Waals surface area contributed by atoms with Crippen LogP contribution < -0.4 is 0 Å². The predicted molar refractivity (Wildman–Crippen MR) is 93.4 cm³/mol. The molecule has 0 aromatic rings. The van der Waals surface area contributed by atoms with Crippen LogP contribution in [0.15, 0.2) is 0 Å². The van der Waals surface area contributed by atoms with E-state index in [2.05, 4.69) is 46.4 Å². The van der Waals surface area contributed by atoms with E-state index in [4.69, 9.17) is 12.1 Å². The first kappa shape index (κ1) is 14.0. The second-order valence-electron chi connectivity index (χ2n) is 5.02. The molecule has 0 saturated heterocycles. The van der Waals surface area contributed by atoms with E-state index in [-0.39, 0.29) is 0 Å². The summed E-state index contributed by atoms with van der Waals surface area (Å²) in [6, 6.07) is 1.98. The van der Waals surface area contributed by atoms with Crippen molar-refractivity contribution in [3.8, 4) is 0 Å². The number of hydrogen-bond donors (Lipinski definition) is 0. The van der Waals surface area contributed by atoms with Crippen molar-refractivity contribution in [3.63, 3.8) is 0 Å². The molecule has 0 aromatic carbocycles. The van der Waals surface area contributed by atoms with E-state index in [1.54, 1.807) is 0 Å². The molecule has 0 amide bonds. The molecule has 0 aromatic heterocycles.